The number of rotatable bonds is 4. The fourth-order valence-corrected chi connectivity index (χ4v) is 1.73. The number of carbonyl (C=O) groups excluding carboxylic acids is 1. The third-order valence-electron chi connectivity index (χ3n) is 2.85. The van der Waals surface area contributed by atoms with E-state index in [9.17, 15) is 18.4 Å². The highest BCUT2D eigenvalue weighted by molar-refractivity contribution is 6.05. The molecule has 0 unspecified atom stereocenters. The average molecular weight is 291 g/mol. The zero-order valence-electron chi connectivity index (χ0n) is 10.8. The lowest BCUT2D eigenvalue weighted by molar-refractivity contribution is 0.0691. The van der Waals surface area contributed by atoms with Gasteiger partial charge in [0.2, 0.25) is 0 Å². The molecule has 21 heavy (non-hydrogen) atoms. The van der Waals surface area contributed by atoms with E-state index in [1.165, 1.54) is 36.4 Å². The molecule has 0 atom stereocenters. The number of amides is 1. The molecule has 0 radical (unpaired) electrons. The SMILES string of the molecule is O=C(Nc1cccc(C(=O)O)c1F)c1ccc(CF)cc1. The minimum atomic E-state index is -1.42. The van der Waals surface area contributed by atoms with E-state index in [-0.39, 0.29) is 11.3 Å². The van der Waals surface area contributed by atoms with E-state index in [1.807, 2.05) is 0 Å². The molecule has 0 heterocycles. The largest absolute Gasteiger partial charge is 0.478 e. The van der Waals surface area contributed by atoms with Crippen LogP contribution in [0.1, 0.15) is 26.3 Å². The van der Waals surface area contributed by atoms with Crippen LogP contribution in [0.5, 0.6) is 0 Å². The number of alkyl halides is 1. The number of carboxylic acid groups (broad SMARTS) is 1. The average Bonchev–Trinajstić information content (AvgIpc) is 2.49. The van der Waals surface area contributed by atoms with Crippen molar-refractivity contribution in [3.8, 4) is 0 Å². The number of hydrogen-bond donors (Lipinski definition) is 2. The van der Waals surface area contributed by atoms with Crippen LogP contribution in [0.4, 0.5) is 14.5 Å². The number of hydrogen-bond acceptors (Lipinski definition) is 2. The van der Waals surface area contributed by atoms with Gasteiger partial charge in [0.1, 0.15) is 6.67 Å². The Balaban J connectivity index is 2.23. The van der Waals surface area contributed by atoms with Crippen LogP contribution < -0.4 is 5.32 Å². The zero-order chi connectivity index (χ0) is 15.4. The number of nitrogens with one attached hydrogen (secondary N) is 1. The lowest BCUT2D eigenvalue weighted by Gasteiger charge is -2.08. The molecule has 108 valence electrons. The molecule has 0 aliphatic rings. The van der Waals surface area contributed by atoms with E-state index < -0.39 is 29.9 Å². The van der Waals surface area contributed by atoms with Crippen molar-refractivity contribution >= 4 is 17.6 Å². The third-order valence-corrected chi connectivity index (χ3v) is 2.85. The summed E-state index contributed by atoms with van der Waals surface area (Å²) in [6, 6.07) is 9.39. The Labute approximate surface area is 119 Å². The van der Waals surface area contributed by atoms with E-state index in [0.717, 1.165) is 6.07 Å². The monoisotopic (exact) mass is 291 g/mol. The fraction of sp³-hybridized carbons (Fsp3) is 0.0667. The maximum atomic E-state index is 13.9. The highest BCUT2D eigenvalue weighted by Gasteiger charge is 2.16. The molecule has 2 aromatic rings. The lowest BCUT2D eigenvalue weighted by Crippen LogP contribution is -2.14. The number of carbonyl (C=O) groups is 2. The van der Waals surface area contributed by atoms with Crippen LogP contribution in [0.2, 0.25) is 0 Å². The van der Waals surface area contributed by atoms with Crippen molar-refractivity contribution in [2.45, 2.75) is 6.67 Å². The second-order valence-electron chi connectivity index (χ2n) is 4.26. The standard InChI is InChI=1S/C15H11F2NO3/c16-8-9-4-6-10(7-5-9)14(19)18-12-3-1-2-11(13(12)17)15(20)21/h1-7H,8H2,(H,18,19)(H,20,21). The Morgan fingerprint density at radius 1 is 1.10 bits per heavy atom. The van der Waals surface area contributed by atoms with Gasteiger partial charge in [0.05, 0.1) is 11.3 Å². The third kappa shape index (κ3) is 3.22. The minimum Gasteiger partial charge on any atom is -0.478 e. The van der Waals surface area contributed by atoms with Crippen molar-refractivity contribution in [1.29, 1.82) is 0 Å². The Hall–Kier alpha value is -2.76. The van der Waals surface area contributed by atoms with Gasteiger partial charge in [-0.25, -0.2) is 13.6 Å². The van der Waals surface area contributed by atoms with Crippen LogP contribution in [-0.4, -0.2) is 17.0 Å². The van der Waals surface area contributed by atoms with Gasteiger partial charge in [-0.15, -0.1) is 0 Å². The summed E-state index contributed by atoms with van der Waals surface area (Å²) in [5.41, 5.74) is -0.118. The van der Waals surface area contributed by atoms with Crippen molar-refractivity contribution in [3.63, 3.8) is 0 Å². The van der Waals surface area contributed by atoms with Crippen molar-refractivity contribution < 1.29 is 23.5 Å². The zero-order valence-corrected chi connectivity index (χ0v) is 10.8. The molecule has 2 N–H and O–H groups in total. The summed E-state index contributed by atoms with van der Waals surface area (Å²) in [5.74, 6) is -3.04. The molecule has 0 saturated heterocycles. The summed E-state index contributed by atoms with van der Waals surface area (Å²) in [7, 11) is 0. The van der Waals surface area contributed by atoms with Crippen LogP contribution >= 0.6 is 0 Å². The van der Waals surface area contributed by atoms with Gasteiger partial charge in [-0.2, -0.15) is 0 Å². The smallest absolute Gasteiger partial charge is 0.338 e. The van der Waals surface area contributed by atoms with Crippen molar-refractivity contribution in [2.75, 3.05) is 5.32 Å². The molecule has 0 aliphatic carbocycles. The predicted octanol–water partition coefficient (Wildman–Crippen LogP) is 3.25. The topological polar surface area (TPSA) is 66.4 Å². The maximum absolute atomic E-state index is 13.9. The quantitative estimate of drug-likeness (QED) is 0.908. The molecule has 0 aromatic heterocycles. The fourth-order valence-electron chi connectivity index (χ4n) is 1.73. The molecule has 2 aromatic carbocycles. The second-order valence-corrected chi connectivity index (χ2v) is 4.26. The van der Waals surface area contributed by atoms with Gasteiger partial charge in [0.15, 0.2) is 5.82 Å². The molecule has 0 saturated carbocycles. The van der Waals surface area contributed by atoms with Gasteiger partial charge in [-0.1, -0.05) is 18.2 Å². The van der Waals surface area contributed by atoms with Crippen molar-refractivity contribution in [1.82, 2.24) is 0 Å². The molecule has 6 heteroatoms. The molecule has 0 bridgehead atoms. The number of benzene rings is 2. The molecule has 4 nitrogen and oxygen atoms in total. The Bertz CT molecular complexity index is 684. The number of halogens is 2. The first-order valence-electron chi connectivity index (χ1n) is 6.01. The van der Waals surface area contributed by atoms with Gasteiger partial charge in [0.25, 0.3) is 5.91 Å². The van der Waals surface area contributed by atoms with Crippen LogP contribution in [0.3, 0.4) is 0 Å². The highest BCUT2D eigenvalue weighted by atomic mass is 19.1. The van der Waals surface area contributed by atoms with Crippen LogP contribution in [0, 0.1) is 5.82 Å². The van der Waals surface area contributed by atoms with Gasteiger partial charge in [-0.05, 0) is 29.8 Å². The summed E-state index contributed by atoms with van der Waals surface area (Å²) in [5, 5.41) is 11.1. The van der Waals surface area contributed by atoms with E-state index in [2.05, 4.69) is 5.32 Å². The number of aromatic carboxylic acids is 1. The summed E-state index contributed by atoms with van der Waals surface area (Å²) >= 11 is 0. The molecule has 2 rings (SSSR count). The van der Waals surface area contributed by atoms with E-state index >= 15 is 0 Å². The maximum Gasteiger partial charge on any atom is 0.338 e. The molecular formula is C15H11F2NO3. The molecule has 0 aliphatic heterocycles. The summed E-state index contributed by atoms with van der Waals surface area (Å²) in [6.07, 6.45) is 0. The Kier molecular flexibility index (Phi) is 4.27. The molecular weight excluding hydrogens is 280 g/mol. The summed E-state index contributed by atoms with van der Waals surface area (Å²) in [6.45, 7) is -0.642. The van der Waals surface area contributed by atoms with Gasteiger partial charge < -0.3 is 10.4 Å². The Morgan fingerprint density at radius 2 is 1.76 bits per heavy atom. The van der Waals surface area contributed by atoms with Crippen molar-refractivity contribution in [3.05, 3.63) is 65.0 Å². The molecule has 0 spiro atoms. The predicted molar refractivity (Wildman–Crippen MR) is 72.6 cm³/mol. The Morgan fingerprint density at radius 3 is 2.33 bits per heavy atom. The van der Waals surface area contributed by atoms with Crippen LogP contribution in [0.15, 0.2) is 42.5 Å². The molecule has 0 fully saturated rings. The normalized spacial score (nSPS) is 10.2. The first-order chi connectivity index (χ1) is 10.0. The first kappa shape index (κ1) is 14.6. The van der Waals surface area contributed by atoms with Crippen LogP contribution in [0.25, 0.3) is 0 Å². The van der Waals surface area contributed by atoms with E-state index in [4.69, 9.17) is 5.11 Å². The number of anilines is 1. The van der Waals surface area contributed by atoms with Gasteiger partial charge in [0, 0.05) is 5.56 Å². The van der Waals surface area contributed by atoms with E-state index in [0.29, 0.717) is 5.56 Å². The van der Waals surface area contributed by atoms with Crippen molar-refractivity contribution in [2.24, 2.45) is 0 Å². The first-order valence-corrected chi connectivity index (χ1v) is 6.01. The molecule has 1 amide bonds. The highest BCUT2D eigenvalue weighted by Crippen LogP contribution is 2.19. The lowest BCUT2D eigenvalue weighted by atomic mass is 10.1. The van der Waals surface area contributed by atoms with E-state index in [1.54, 1.807) is 0 Å². The summed E-state index contributed by atoms with van der Waals surface area (Å²) in [4.78, 5) is 22.7. The summed E-state index contributed by atoms with van der Waals surface area (Å²) < 4.78 is 26.2. The minimum absolute atomic E-state index is 0.215. The van der Waals surface area contributed by atoms with Gasteiger partial charge in [-0.3, -0.25) is 4.79 Å². The second kappa shape index (κ2) is 6.13. The van der Waals surface area contributed by atoms with Gasteiger partial charge >= 0.3 is 5.97 Å². The van der Waals surface area contributed by atoms with Crippen LogP contribution in [-0.2, 0) is 6.67 Å². The number of carboxylic acids is 1.